The average molecular weight is 255 g/mol. The Balaban J connectivity index is 2.90. The average Bonchev–Trinajstić information content (AvgIpc) is 2.28. The first-order valence-corrected chi connectivity index (χ1v) is 6.69. The van der Waals surface area contributed by atoms with Gasteiger partial charge in [0.05, 0.1) is 4.92 Å². The predicted molar refractivity (Wildman–Crippen MR) is 74.1 cm³/mol. The van der Waals surface area contributed by atoms with Crippen LogP contribution in [0.5, 0.6) is 0 Å². The topological polar surface area (TPSA) is 67.2 Å². The van der Waals surface area contributed by atoms with Gasteiger partial charge in [-0.05, 0) is 19.2 Å². The Morgan fingerprint density at radius 3 is 2.59 bits per heavy atom. The first kappa shape index (κ1) is 13.6. The molecule has 0 spiro atoms. The van der Waals surface area contributed by atoms with Crippen molar-refractivity contribution < 1.29 is 4.92 Å². The summed E-state index contributed by atoms with van der Waals surface area (Å²) in [7, 11) is 1.74. The summed E-state index contributed by atoms with van der Waals surface area (Å²) in [6, 6.07) is 5.21. The van der Waals surface area contributed by atoms with Gasteiger partial charge in [-0.1, -0.05) is 0 Å². The zero-order valence-electron chi connectivity index (χ0n) is 10.2. The van der Waals surface area contributed by atoms with Gasteiger partial charge in [0.1, 0.15) is 0 Å². The second-order valence-corrected chi connectivity index (χ2v) is 4.69. The third kappa shape index (κ3) is 4.14. The van der Waals surface area contributed by atoms with Crippen molar-refractivity contribution in [3.8, 4) is 0 Å². The van der Waals surface area contributed by atoms with Gasteiger partial charge in [-0.3, -0.25) is 10.1 Å². The van der Waals surface area contributed by atoms with Crippen molar-refractivity contribution in [2.24, 2.45) is 0 Å². The lowest BCUT2D eigenvalue weighted by molar-refractivity contribution is -0.384. The molecule has 0 saturated heterocycles. The smallest absolute Gasteiger partial charge is 0.273 e. The Labute approximate surface area is 105 Å². The molecule has 0 fully saturated rings. The van der Waals surface area contributed by atoms with E-state index in [1.54, 1.807) is 24.9 Å². The van der Waals surface area contributed by atoms with Gasteiger partial charge in [0.2, 0.25) is 0 Å². The molecule has 6 heteroatoms. The Morgan fingerprint density at radius 2 is 2.06 bits per heavy atom. The van der Waals surface area contributed by atoms with Crippen LogP contribution < -0.4 is 10.6 Å². The summed E-state index contributed by atoms with van der Waals surface area (Å²) in [5.41, 5.74) is 1.60. The summed E-state index contributed by atoms with van der Waals surface area (Å²) in [6.45, 7) is 2.05. The minimum atomic E-state index is -0.384. The van der Waals surface area contributed by atoms with E-state index in [2.05, 4.69) is 10.6 Å². The summed E-state index contributed by atoms with van der Waals surface area (Å²) in [4.78, 5) is 10.4. The lowest BCUT2D eigenvalue weighted by atomic mass is 10.2. The van der Waals surface area contributed by atoms with Gasteiger partial charge >= 0.3 is 0 Å². The van der Waals surface area contributed by atoms with Crippen LogP contribution in [0.3, 0.4) is 0 Å². The van der Waals surface area contributed by atoms with E-state index in [9.17, 15) is 10.1 Å². The maximum atomic E-state index is 10.8. The Morgan fingerprint density at radius 1 is 1.41 bits per heavy atom. The molecule has 0 radical (unpaired) electrons. The normalized spacial score (nSPS) is 11.9. The second-order valence-electron chi connectivity index (χ2n) is 3.78. The van der Waals surface area contributed by atoms with Gasteiger partial charge in [0.15, 0.2) is 0 Å². The number of nitro groups is 1. The maximum Gasteiger partial charge on any atom is 0.273 e. The van der Waals surface area contributed by atoms with Crippen LogP contribution in [0.1, 0.15) is 6.92 Å². The highest BCUT2D eigenvalue weighted by Gasteiger charge is 2.10. The number of anilines is 2. The molecule has 1 unspecified atom stereocenters. The lowest BCUT2D eigenvalue weighted by Crippen LogP contribution is -2.17. The fourth-order valence-corrected chi connectivity index (χ4v) is 2.10. The molecule has 1 rings (SSSR count). The molecule has 0 bridgehead atoms. The zero-order chi connectivity index (χ0) is 12.8. The molecule has 0 aliphatic rings. The summed E-state index contributed by atoms with van der Waals surface area (Å²) < 4.78 is 0. The molecule has 94 valence electrons. The molecule has 5 nitrogen and oxygen atoms in total. The molecule has 0 amide bonds. The quantitative estimate of drug-likeness (QED) is 0.604. The lowest BCUT2D eigenvalue weighted by Gasteiger charge is -2.14. The van der Waals surface area contributed by atoms with Crippen molar-refractivity contribution in [2.45, 2.75) is 13.0 Å². The molecule has 17 heavy (non-hydrogen) atoms. The van der Waals surface area contributed by atoms with E-state index in [1.807, 2.05) is 19.2 Å². The van der Waals surface area contributed by atoms with Gasteiger partial charge in [-0.2, -0.15) is 11.8 Å². The molecule has 0 heterocycles. The number of rotatable bonds is 6. The van der Waals surface area contributed by atoms with Crippen LogP contribution in [0.2, 0.25) is 0 Å². The maximum absolute atomic E-state index is 10.8. The van der Waals surface area contributed by atoms with Crippen LogP contribution in [0.15, 0.2) is 18.2 Å². The molecular weight excluding hydrogens is 238 g/mol. The van der Waals surface area contributed by atoms with Gasteiger partial charge in [0.25, 0.3) is 5.69 Å². The number of non-ortho nitro benzene ring substituents is 1. The molecule has 0 saturated carbocycles. The number of hydrogen-bond acceptors (Lipinski definition) is 5. The van der Waals surface area contributed by atoms with Gasteiger partial charge in [-0.15, -0.1) is 0 Å². The highest BCUT2D eigenvalue weighted by molar-refractivity contribution is 7.98. The highest BCUT2D eigenvalue weighted by Crippen LogP contribution is 2.24. The molecule has 1 aromatic rings. The highest BCUT2D eigenvalue weighted by atomic mass is 32.2. The largest absolute Gasteiger partial charge is 0.388 e. The van der Waals surface area contributed by atoms with E-state index in [1.165, 1.54) is 6.07 Å². The molecule has 0 aliphatic heterocycles. The molecule has 0 aromatic heterocycles. The third-order valence-electron chi connectivity index (χ3n) is 2.25. The van der Waals surface area contributed by atoms with Gasteiger partial charge in [0, 0.05) is 42.3 Å². The Bertz CT molecular complexity index is 398. The van der Waals surface area contributed by atoms with Crippen LogP contribution in [-0.2, 0) is 0 Å². The van der Waals surface area contributed by atoms with Crippen molar-refractivity contribution >= 4 is 28.8 Å². The van der Waals surface area contributed by atoms with Gasteiger partial charge in [-0.25, -0.2) is 0 Å². The van der Waals surface area contributed by atoms with Gasteiger partial charge < -0.3 is 10.6 Å². The fourth-order valence-electron chi connectivity index (χ4n) is 1.52. The summed E-state index contributed by atoms with van der Waals surface area (Å²) in [5.74, 6) is 0.956. The van der Waals surface area contributed by atoms with Crippen molar-refractivity contribution in [3.63, 3.8) is 0 Å². The van der Waals surface area contributed by atoms with Crippen LogP contribution in [0.25, 0.3) is 0 Å². The van der Waals surface area contributed by atoms with Crippen LogP contribution >= 0.6 is 11.8 Å². The van der Waals surface area contributed by atoms with E-state index >= 15 is 0 Å². The number of hydrogen-bond donors (Lipinski definition) is 2. The van der Waals surface area contributed by atoms with Crippen LogP contribution in [0.4, 0.5) is 17.1 Å². The monoisotopic (exact) mass is 255 g/mol. The number of nitro benzene ring substituents is 1. The molecular formula is C11H17N3O2S. The summed E-state index contributed by atoms with van der Waals surface area (Å²) >= 11 is 1.74. The molecule has 1 atom stereocenters. The third-order valence-corrected chi connectivity index (χ3v) is 3.08. The minimum Gasteiger partial charge on any atom is -0.388 e. The summed E-state index contributed by atoms with van der Waals surface area (Å²) in [5, 5.41) is 16.9. The van der Waals surface area contributed by atoms with E-state index < -0.39 is 0 Å². The van der Waals surface area contributed by atoms with Crippen molar-refractivity contribution in [2.75, 3.05) is 29.7 Å². The van der Waals surface area contributed by atoms with E-state index in [0.29, 0.717) is 0 Å². The van der Waals surface area contributed by atoms with Crippen LogP contribution in [-0.4, -0.2) is 30.0 Å². The van der Waals surface area contributed by atoms with E-state index in [-0.39, 0.29) is 16.7 Å². The van der Waals surface area contributed by atoms with Crippen molar-refractivity contribution in [3.05, 3.63) is 28.3 Å². The fraction of sp³-hybridized carbons (Fsp3) is 0.455. The Kier molecular flexibility index (Phi) is 5.09. The first-order chi connectivity index (χ1) is 8.06. The first-order valence-electron chi connectivity index (χ1n) is 5.29. The molecule has 0 aliphatic carbocycles. The van der Waals surface area contributed by atoms with E-state index in [4.69, 9.17) is 0 Å². The van der Waals surface area contributed by atoms with Crippen LogP contribution in [0, 0.1) is 10.1 Å². The number of nitrogens with one attached hydrogen (secondary N) is 2. The second kappa shape index (κ2) is 6.34. The van der Waals surface area contributed by atoms with Crippen molar-refractivity contribution in [1.82, 2.24) is 0 Å². The number of benzene rings is 1. The number of thioether (sulfide) groups is 1. The van der Waals surface area contributed by atoms with E-state index in [0.717, 1.165) is 17.1 Å². The Hall–Kier alpha value is -1.43. The predicted octanol–water partition coefficient (Wildman–Crippen LogP) is 2.80. The standard InChI is InChI=1S/C11H17N3O2S/c1-8(7-17-3)13-10-4-9(12-2)5-11(6-10)14(15)16/h4-6,8,12-13H,7H2,1-3H3. The SMILES string of the molecule is CNc1cc(NC(C)CSC)cc([N+](=O)[O-])c1. The zero-order valence-corrected chi connectivity index (χ0v) is 11.0. The summed E-state index contributed by atoms with van der Waals surface area (Å²) in [6.07, 6.45) is 2.03. The minimum absolute atomic E-state index is 0.0932. The molecule has 2 N–H and O–H groups in total. The number of nitrogens with zero attached hydrogens (tertiary/aromatic N) is 1. The van der Waals surface area contributed by atoms with Crippen molar-refractivity contribution in [1.29, 1.82) is 0 Å². The molecule has 1 aromatic carbocycles.